The van der Waals surface area contributed by atoms with Gasteiger partial charge in [-0.3, -0.25) is 14.6 Å². The summed E-state index contributed by atoms with van der Waals surface area (Å²) in [5, 5.41) is 5.39. The second kappa shape index (κ2) is 11.0. The van der Waals surface area contributed by atoms with E-state index in [-0.39, 0.29) is 22.3 Å². The van der Waals surface area contributed by atoms with Crippen LogP contribution in [0.2, 0.25) is 5.02 Å². The van der Waals surface area contributed by atoms with Crippen molar-refractivity contribution >= 4 is 45.7 Å². The number of halogens is 3. The number of anilines is 2. The molecular weight excluding hydrogens is 510 g/mol. The van der Waals surface area contributed by atoms with E-state index in [1.54, 1.807) is 24.4 Å². The van der Waals surface area contributed by atoms with Crippen LogP contribution >= 0.6 is 11.6 Å². The summed E-state index contributed by atoms with van der Waals surface area (Å²) >= 11 is 6.31. The molecule has 0 fully saturated rings. The Morgan fingerprint density at radius 3 is 2.35 bits per heavy atom. The normalized spacial score (nSPS) is 10.6. The summed E-state index contributed by atoms with van der Waals surface area (Å²) in [6, 6.07) is 9.10. The number of carbonyl (C=O) groups is 2. The lowest BCUT2D eigenvalue weighted by molar-refractivity contribution is -0.123. The van der Waals surface area contributed by atoms with Gasteiger partial charge in [-0.05, 0) is 30.3 Å². The fourth-order valence-electron chi connectivity index (χ4n) is 3.35. The zero-order valence-corrected chi connectivity index (χ0v) is 20.2. The molecule has 0 spiro atoms. The van der Waals surface area contributed by atoms with Crippen LogP contribution in [0.3, 0.4) is 0 Å². The molecule has 4 rings (SSSR count). The molecule has 0 aliphatic rings. The van der Waals surface area contributed by atoms with E-state index in [1.165, 1.54) is 26.5 Å². The Bertz CT molecular complexity index is 1500. The van der Waals surface area contributed by atoms with Gasteiger partial charge in [0, 0.05) is 23.7 Å². The molecule has 2 heterocycles. The standard InChI is InChI=1S/C25H19ClF2N4O5/c1-35-21-9-15-19(10-22(21)36-2)29-6-5-20(15)37-25-16(26)8-14(12-30-25)31-23(33)11-24(34)32-18-4-3-13(27)7-17(18)28/h3-10,12H,11H2,1-2H3,(H,31,33)(H,32,34). The molecule has 0 bridgehead atoms. The van der Waals surface area contributed by atoms with Crippen LogP contribution in [-0.2, 0) is 9.59 Å². The molecule has 0 aliphatic carbocycles. The number of hydrogen-bond acceptors (Lipinski definition) is 7. The average Bonchev–Trinajstić information content (AvgIpc) is 2.86. The first-order valence-corrected chi connectivity index (χ1v) is 11.0. The Morgan fingerprint density at radius 1 is 0.919 bits per heavy atom. The zero-order valence-electron chi connectivity index (χ0n) is 19.5. The molecule has 2 aromatic heterocycles. The van der Waals surface area contributed by atoms with Crippen molar-refractivity contribution < 1.29 is 32.6 Å². The third kappa shape index (κ3) is 6.01. The maximum absolute atomic E-state index is 13.7. The molecular formula is C25H19ClF2N4O5. The lowest BCUT2D eigenvalue weighted by Gasteiger charge is -2.13. The van der Waals surface area contributed by atoms with E-state index in [1.807, 2.05) is 0 Å². The van der Waals surface area contributed by atoms with Gasteiger partial charge in [-0.15, -0.1) is 0 Å². The highest BCUT2D eigenvalue weighted by molar-refractivity contribution is 6.32. The number of aromatic nitrogens is 2. The maximum atomic E-state index is 13.7. The predicted octanol–water partition coefficient (Wildman–Crippen LogP) is 5.34. The Hall–Kier alpha value is -4.51. The first kappa shape index (κ1) is 25.6. The molecule has 0 aliphatic heterocycles. The van der Waals surface area contributed by atoms with Crippen molar-refractivity contribution in [3.63, 3.8) is 0 Å². The van der Waals surface area contributed by atoms with Gasteiger partial charge in [0.2, 0.25) is 17.7 Å². The highest BCUT2D eigenvalue weighted by Crippen LogP contribution is 2.38. The Kier molecular flexibility index (Phi) is 7.63. The maximum Gasteiger partial charge on any atom is 0.238 e. The number of nitrogens with zero attached hydrogens (tertiary/aromatic N) is 2. The van der Waals surface area contributed by atoms with Crippen LogP contribution in [0.15, 0.2) is 54.9 Å². The molecule has 0 atom stereocenters. The number of hydrogen-bond donors (Lipinski definition) is 2. The number of benzene rings is 2. The number of pyridine rings is 2. The molecule has 9 nitrogen and oxygen atoms in total. The number of nitrogens with one attached hydrogen (secondary N) is 2. The monoisotopic (exact) mass is 528 g/mol. The third-order valence-corrected chi connectivity index (χ3v) is 5.30. The molecule has 12 heteroatoms. The summed E-state index contributed by atoms with van der Waals surface area (Å²) < 4.78 is 43.2. The molecule has 0 radical (unpaired) electrons. The Balaban J connectivity index is 1.44. The van der Waals surface area contributed by atoms with Crippen molar-refractivity contribution in [3.05, 3.63) is 71.5 Å². The van der Waals surface area contributed by atoms with Crippen molar-refractivity contribution in [2.24, 2.45) is 0 Å². The summed E-state index contributed by atoms with van der Waals surface area (Å²) in [7, 11) is 3.03. The zero-order chi connectivity index (χ0) is 26.5. The molecule has 0 unspecified atom stereocenters. The minimum atomic E-state index is -0.958. The second-order valence-electron chi connectivity index (χ2n) is 7.54. The highest BCUT2D eigenvalue weighted by Gasteiger charge is 2.16. The van der Waals surface area contributed by atoms with Crippen LogP contribution in [0.5, 0.6) is 23.1 Å². The number of ether oxygens (including phenoxy) is 3. The van der Waals surface area contributed by atoms with Crippen LogP contribution in [0.1, 0.15) is 6.42 Å². The van der Waals surface area contributed by atoms with Gasteiger partial charge in [-0.2, -0.15) is 0 Å². The first-order chi connectivity index (χ1) is 17.8. The second-order valence-corrected chi connectivity index (χ2v) is 7.95. The van der Waals surface area contributed by atoms with E-state index >= 15 is 0 Å². The van der Waals surface area contributed by atoms with Gasteiger partial charge in [0.05, 0.1) is 37.3 Å². The van der Waals surface area contributed by atoms with Crippen molar-refractivity contribution in [2.75, 3.05) is 24.9 Å². The van der Waals surface area contributed by atoms with Gasteiger partial charge in [0.1, 0.15) is 28.8 Å². The number of methoxy groups -OCH3 is 2. The van der Waals surface area contributed by atoms with E-state index in [2.05, 4.69) is 20.6 Å². The first-order valence-electron chi connectivity index (χ1n) is 10.7. The number of carbonyl (C=O) groups excluding carboxylic acids is 2. The van der Waals surface area contributed by atoms with Crippen molar-refractivity contribution in [1.82, 2.24) is 9.97 Å². The van der Waals surface area contributed by atoms with Crippen molar-refractivity contribution in [2.45, 2.75) is 6.42 Å². The highest BCUT2D eigenvalue weighted by atomic mass is 35.5. The van der Waals surface area contributed by atoms with Gasteiger partial charge >= 0.3 is 0 Å². The van der Waals surface area contributed by atoms with E-state index in [4.69, 9.17) is 25.8 Å². The fourth-order valence-corrected chi connectivity index (χ4v) is 3.55. The lowest BCUT2D eigenvalue weighted by Crippen LogP contribution is -2.22. The number of rotatable bonds is 8. The van der Waals surface area contributed by atoms with Crippen molar-refractivity contribution in [1.29, 1.82) is 0 Å². The van der Waals surface area contributed by atoms with E-state index in [0.29, 0.717) is 34.2 Å². The van der Waals surface area contributed by atoms with Gasteiger partial charge in [-0.1, -0.05) is 11.6 Å². The SMILES string of the molecule is COc1cc2nccc(Oc3ncc(NC(=O)CC(=O)Nc4ccc(F)cc4F)cc3Cl)c2cc1OC. The minimum absolute atomic E-state index is 0.0616. The van der Waals surface area contributed by atoms with Crippen LogP contribution in [0.25, 0.3) is 10.9 Å². The third-order valence-electron chi connectivity index (χ3n) is 5.03. The summed E-state index contributed by atoms with van der Waals surface area (Å²) in [4.78, 5) is 32.7. The molecule has 190 valence electrons. The minimum Gasteiger partial charge on any atom is -0.493 e. The Labute approximate surface area is 214 Å². The molecule has 2 amide bonds. The molecule has 37 heavy (non-hydrogen) atoms. The van der Waals surface area contributed by atoms with Gasteiger partial charge in [-0.25, -0.2) is 13.8 Å². The van der Waals surface area contributed by atoms with Crippen LogP contribution in [-0.4, -0.2) is 36.0 Å². The predicted molar refractivity (Wildman–Crippen MR) is 132 cm³/mol. The molecule has 2 N–H and O–H groups in total. The fraction of sp³-hybridized carbons (Fsp3) is 0.120. The van der Waals surface area contributed by atoms with Gasteiger partial charge < -0.3 is 24.8 Å². The largest absolute Gasteiger partial charge is 0.493 e. The van der Waals surface area contributed by atoms with Gasteiger partial charge in [0.25, 0.3) is 0 Å². The smallest absolute Gasteiger partial charge is 0.238 e. The van der Waals surface area contributed by atoms with E-state index < -0.39 is 29.9 Å². The topological polar surface area (TPSA) is 112 Å². The summed E-state index contributed by atoms with van der Waals surface area (Å²) in [6.45, 7) is 0. The van der Waals surface area contributed by atoms with Crippen molar-refractivity contribution in [3.8, 4) is 23.1 Å². The van der Waals surface area contributed by atoms with Crippen LogP contribution in [0, 0.1) is 11.6 Å². The molecule has 2 aromatic carbocycles. The molecule has 0 saturated carbocycles. The summed E-state index contributed by atoms with van der Waals surface area (Å²) in [5.74, 6) is -1.79. The number of amides is 2. The van der Waals surface area contributed by atoms with E-state index in [0.717, 1.165) is 12.1 Å². The van der Waals surface area contributed by atoms with E-state index in [9.17, 15) is 18.4 Å². The van der Waals surface area contributed by atoms with Crippen LogP contribution in [0.4, 0.5) is 20.2 Å². The van der Waals surface area contributed by atoms with Crippen LogP contribution < -0.4 is 24.8 Å². The summed E-state index contributed by atoms with van der Waals surface area (Å²) in [5.41, 5.74) is 0.549. The average molecular weight is 529 g/mol. The lowest BCUT2D eigenvalue weighted by atomic mass is 10.2. The van der Waals surface area contributed by atoms with Gasteiger partial charge in [0.15, 0.2) is 11.5 Å². The molecule has 0 saturated heterocycles. The molecule has 4 aromatic rings. The quantitative estimate of drug-likeness (QED) is 0.297. The Morgan fingerprint density at radius 2 is 1.65 bits per heavy atom. The number of fused-ring (bicyclic) bond motifs is 1. The summed E-state index contributed by atoms with van der Waals surface area (Å²) in [6.07, 6.45) is 2.22.